The van der Waals surface area contributed by atoms with Crippen LogP contribution in [0.1, 0.15) is 110 Å². The standard InChI is InChI=1S/C29H46N4O4.C10H14N2O3/c1-20(2)16-24-28(35)33(5)25(18-22-17-21(3)19-30-27(22)37-23-13-14-23)29(36)32(4)15-11-9-7-6-8-10-12-26(34)31-24;1-10(2,3)15-9(14)12-7-5-4-6-11-8(7)13/h17,19-20,23-25H,6-16,18H2,1-5H3,(H,31,34);4-6H,1-3H3,(H,11,13)(H,12,14). The topological polar surface area (TPSA) is 163 Å². The number of rotatable bonds is 7. The first-order valence-electron chi connectivity index (χ1n) is 18.6. The molecule has 13 nitrogen and oxygen atoms in total. The van der Waals surface area contributed by atoms with Crippen molar-refractivity contribution >= 4 is 29.5 Å². The highest BCUT2D eigenvalue weighted by atomic mass is 16.6. The van der Waals surface area contributed by atoms with Crippen LogP contribution < -0.4 is 20.9 Å². The summed E-state index contributed by atoms with van der Waals surface area (Å²) in [6.45, 7) is 11.9. The van der Waals surface area contributed by atoms with Gasteiger partial charge in [0.05, 0.1) is 0 Å². The van der Waals surface area contributed by atoms with E-state index in [4.69, 9.17) is 9.47 Å². The van der Waals surface area contributed by atoms with Crippen LogP contribution >= 0.6 is 0 Å². The van der Waals surface area contributed by atoms with Crippen molar-refractivity contribution in [3.8, 4) is 5.88 Å². The highest BCUT2D eigenvalue weighted by Gasteiger charge is 2.35. The highest BCUT2D eigenvalue weighted by Crippen LogP contribution is 2.29. The summed E-state index contributed by atoms with van der Waals surface area (Å²) in [5, 5.41) is 5.35. The summed E-state index contributed by atoms with van der Waals surface area (Å²) >= 11 is 0. The molecule has 2 atom stereocenters. The van der Waals surface area contributed by atoms with Crippen LogP contribution in [-0.4, -0.2) is 88.0 Å². The summed E-state index contributed by atoms with van der Waals surface area (Å²) in [6, 6.07) is 3.74. The van der Waals surface area contributed by atoms with Gasteiger partial charge in [0, 0.05) is 51.4 Å². The smallest absolute Gasteiger partial charge is 0.412 e. The van der Waals surface area contributed by atoms with E-state index in [1.807, 2.05) is 33.9 Å². The number of amides is 4. The first kappa shape index (κ1) is 42.0. The molecule has 2 aromatic rings. The fourth-order valence-corrected chi connectivity index (χ4v) is 5.81. The molecule has 2 unspecified atom stereocenters. The van der Waals surface area contributed by atoms with Crippen LogP contribution in [0.3, 0.4) is 0 Å². The summed E-state index contributed by atoms with van der Waals surface area (Å²) in [5.41, 5.74) is 1.05. The van der Waals surface area contributed by atoms with Gasteiger partial charge >= 0.3 is 6.09 Å². The monoisotopic (exact) mass is 724 g/mol. The van der Waals surface area contributed by atoms with E-state index in [1.54, 1.807) is 49.9 Å². The first-order chi connectivity index (χ1) is 24.5. The third-order valence-electron chi connectivity index (χ3n) is 8.70. The average Bonchev–Trinajstić information content (AvgIpc) is 3.88. The highest BCUT2D eigenvalue weighted by molar-refractivity contribution is 5.92. The molecule has 4 amide bonds. The molecule has 2 aliphatic rings. The average molecular weight is 725 g/mol. The minimum atomic E-state index is -0.720. The van der Waals surface area contributed by atoms with Gasteiger partial charge in [0.15, 0.2) is 0 Å². The molecule has 0 spiro atoms. The van der Waals surface area contributed by atoms with Crippen molar-refractivity contribution in [2.45, 2.75) is 136 Å². The van der Waals surface area contributed by atoms with Crippen LogP contribution in [0, 0.1) is 12.8 Å². The lowest BCUT2D eigenvalue weighted by Gasteiger charge is -2.34. The predicted molar refractivity (Wildman–Crippen MR) is 201 cm³/mol. The Hall–Kier alpha value is -4.42. The SMILES string of the molecule is CC(C)(C)OC(=O)Nc1ccc[nH]c1=O.Cc1cnc(OC2CC2)c(CC2C(=O)N(C)CCCCCCCCC(=O)NC(CC(C)C)C(=O)N2C)c1. The van der Waals surface area contributed by atoms with Gasteiger partial charge in [-0.25, -0.2) is 9.78 Å². The number of nitrogens with one attached hydrogen (secondary N) is 3. The summed E-state index contributed by atoms with van der Waals surface area (Å²) in [7, 11) is 3.51. The van der Waals surface area contributed by atoms with Crippen LogP contribution in [0.2, 0.25) is 0 Å². The molecule has 3 heterocycles. The van der Waals surface area contributed by atoms with Crippen molar-refractivity contribution in [3.63, 3.8) is 0 Å². The molecular formula is C39H60N6O7. The zero-order valence-corrected chi connectivity index (χ0v) is 32.4. The van der Waals surface area contributed by atoms with E-state index >= 15 is 0 Å². The second-order valence-electron chi connectivity index (χ2n) is 15.4. The van der Waals surface area contributed by atoms with Crippen molar-refractivity contribution in [1.82, 2.24) is 25.1 Å². The van der Waals surface area contributed by atoms with E-state index < -0.39 is 23.8 Å². The van der Waals surface area contributed by atoms with Crippen LogP contribution in [0.5, 0.6) is 5.88 Å². The molecule has 0 radical (unpaired) electrons. The lowest BCUT2D eigenvalue weighted by molar-refractivity contribution is -0.145. The number of carbonyl (C=O) groups excluding carboxylic acids is 4. The number of aromatic nitrogens is 2. The van der Waals surface area contributed by atoms with Crippen molar-refractivity contribution < 1.29 is 28.7 Å². The molecule has 0 bridgehead atoms. The number of anilines is 1. The number of likely N-dealkylation sites (N-methyl/N-ethyl adjacent to an activating group) is 2. The lowest BCUT2D eigenvalue weighted by atomic mass is 9.99. The second-order valence-corrected chi connectivity index (χ2v) is 15.4. The lowest BCUT2D eigenvalue weighted by Crippen LogP contribution is -2.55. The number of ether oxygens (including phenoxy) is 2. The number of aryl methyl sites for hydroxylation is 1. The van der Waals surface area contributed by atoms with Gasteiger partial charge in [-0.1, -0.05) is 39.5 Å². The van der Waals surface area contributed by atoms with Crippen LogP contribution in [0.4, 0.5) is 10.5 Å². The van der Waals surface area contributed by atoms with Crippen molar-refractivity contribution in [1.29, 1.82) is 0 Å². The van der Waals surface area contributed by atoms with E-state index in [1.165, 1.54) is 12.3 Å². The van der Waals surface area contributed by atoms with E-state index in [-0.39, 0.29) is 41.0 Å². The number of nitrogens with zero attached hydrogens (tertiary/aromatic N) is 3. The number of pyridine rings is 2. The van der Waals surface area contributed by atoms with Crippen molar-refractivity contribution in [2.24, 2.45) is 5.92 Å². The van der Waals surface area contributed by atoms with E-state index in [0.717, 1.165) is 62.5 Å². The molecular weight excluding hydrogens is 664 g/mol. The van der Waals surface area contributed by atoms with Crippen LogP contribution in [-0.2, 0) is 25.5 Å². The summed E-state index contributed by atoms with van der Waals surface area (Å²) in [5.74, 6) is 0.332. The Kier molecular flexibility index (Phi) is 16.1. The normalized spacial score (nSPS) is 19.8. The molecule has 1 saturated carbocycles. The fourth-order valence-electron chi connectivity index (χ4n) is 5.81. The maximum atomic E-state index is 13.8. The number of hydrogen-bond donors (Lipinski definition) is 3. The number of H-pyrrole nitrogens is 1. The Morgan fingerprint density at radius 2 is 1.69 bits per heavy atom. The van der Waals surface area contributed by atoms with E-state index in [9.17, 15) is 24.0 Å². The molecule has 288 valence electrons. The van der Waals surface area contributed by atoms with Crippen LogP contribution in [0.15, 0.2) is 35.4 Å². The Balaban J connectivity index is 0.000000406. The summed E-state index contributed by atoms with van der Waals surface area (Å²) in [6.07, 6.45) is 12.0. The molecule has 3 N–H and O–H groups in total. The minimum absolute atomic E-state index is 0.0949. The second kappa shape index (κ2) is 20.0. The van der Waals surface area contributed by atoms with Gasteiger partial charge in [0.25, 0.3) is 5.56 Å². The number of carbonyl (C=O) groups is 4. The molecule has 52 heavy (non-hydrogen) atoms. The molecule has 13 heteroatoms. The van der Waals surface area contributed by atoms with E-state index in [2.05, 4.69) is 20.6 Å². The maximum Gasteiger partial charge on any atom is 0.412 e. The van der Waals surface area contributed by atoms with Gasteiger partial charge in [0.1, 0.15) is 29.5 Å². The number of aromatic amines is 1. The van der Waals surface area contributed by atoms with Gasteiger partial charge in [-0.15, -0.1) is 0 Å². The van der Waals surface area contributed by atoms with Gasteiger partial charge in [-0.3, -0.25) is 24.5 Å². The molecule has 1 aliphatic carbocycles. The zero-order chi connectivity index (χ0) is 38.4. The van der Waals surface area contributed by atoms with Gasteiger partial charge < -0.3 is 29.6 Å². The van der Waals surface area contributed by atoms with Gasteiger partial charge in [0.2, 0.25) is 23.6 Å². The third kappa shape index (κ3) is 14.7. The Bertz CT molecular complexity index is 1550. The molecule has 4 rings (SSSR count). The summed E-state index contributed by atoms with van der Waals surface area (Å²) in [4.78, 5) is 73.1. The largest absolute Gasteiger partial charge is 0.474 e. The fraction of sp³-hybridized carbons (Fsp3) is 0.641. The maximum absolute atomic E-state index is 13.8. The zero-order valence-electron chi connectivity index (χ0n) is 32.4. The van der Waals surface area contributed by atoms with Gasteiger partial charge in [-0.2, -0.15) is 0 Å². The minimum Gasteiger partial charge on any atom is -0.474 e. The van der Waals surface area contributed by atoms with Crippen molar-refractivity contribution in [3.05, 3.63) is 52.1 Å². The Morgan fingerprint density at radius 1 is 1.02 bits per heavy atom. The molecule has 1 saturated heterocycles. The molecule has 2 fully saturated rings. The molecule has 2 aromatic heterocycles. The van der Waals surface area contributed by atoms with E-state index in [0.29, 0.717) is 31.7 Å². The predicted octanol–water partition coefficient (Wildman–Crippen LogP) is 5.76. The number of hydrogen-bond acceptors (Lipinski definition) is 8. The third-order valence-corrected chi connectivity index (χ3v) is 8.70. The Morgan fingerprint density at radius 3 is 2.33 bits per heavy atom. The summed E-state index contributed by atoms with van der Waals surface area (Å²) < 4.78 is 11.1. The van der Waals surface area contributed by atoms with Crippen molar-refractivity contribution in [2.75, 3.05) is 26.0 Å². The quantitative estimate of drug-likeness (QED) is 0.325. The molecule has 0 aromatic carbocycles. The molecule has 1 aliphatic heterocycles. The van der Waals surface area contributed by atoms with Crippen LogP contribution in [0.25, 0.3) is 0 Å². The van der Waals surface area contributed by atoms with Gasteiger partial charge in [-0.05, 0) is 89.5 Å². The Labute approximate surface area is 308 Å². The first-order valence-corrected chi connectivity index (χ1v) is 18.6.